The zero-order chi connectivity index (χ0) is 11.3. The van der Waals surface area contributed by atoms with Crippen LogP contribution in [0.3, 0.4) is 0 Å². The van der Waals surface area contributed by atoms with E-state index in [0.29, 0.717) is 18.4 Å². The minimum absolute atomic E-state index is 0.281. The van der Waals surface area contributed by atoms with Crippen LogP contribution in [-0.2, 0) is 5.88 Å². The smallest absolute Gasteiger partial charge is 0.233 e. The molecule has 3 nitrogen and oxygen atoms in total. The quantitative estimate of drug-likeness (QED) is 0.743. The largest absolute Gasteiger partial charge is 0.477 e. The molecular weight excluding hydrogens is 212 g/mol. The van der Waals surface area contributed by atoms with E-state index in [0.717, 1.165) is 12.1 Å². The van der Waals surface area contributed by atoms with Gasteiger partial charge in [-0.25, -0.2) is 0 Å². The Balaban J connectivity index is 2.38. The molecule has 84 valence electrons. The van der Waals surface area contributed by atoms with Gasteiger partial charge in [0.25, 0.3) is 0 Å². The maximum Gasteiger partial charge on any atom is 0.233 e. The van der Waals surface area contributed by atoms with Crippen LogP contribution in [0, 0.1) is 5.41 Å². The minimum Gasteiger partial charge on any atom is -0.477 e. The molecule has 0 saturated heterocycles. The lowest BCUT2D eigenvalue weighted by atomic mass is 9.93. The van der Waals surface area contributed by atoms with Gasteiger partial charge in [0.2, 0.25) is 5.88 Å². The van der Waals surface area contributed by atoms with E-state index in [4.69, 9.17) is 16.3 Å². The van der Waals surface area contributed by atoms with E-state index in [9.17, 15) is 0 Å². The van der Waals surface area contributed by atoms with Crippen LogP contribution in [0.15, 0.2) is 12.1 Å². The number of aromatic nitrogens is 2. The Hall–Kier alpha value is -0.830. The number of alkyl halides is 1. The summed E-state index contributed by atoms with van der Waals surface area (Å²) >= 11 is 5.60. The van der Waals surface area contributed by atoms with Crippen molar-refractivity contribution in [3.63, 3.8) is 0 Å². The van der Waals surface area contributed by atoms with E-state index in [1.54, 1.807) is 6.07 Å². The van der Waals surface area contributed by atoms with Crippen LogP contribution in [0.25, 0.3) is 0 Å². The molecule has 0 bridgehead atoms. The van der Waals surface area contributed by atoms with E-state index in [2.05, 4.69) is 31.0 Å². The first-order valence-electron chi connectivity index (χ1n) is 5.03. The number of hydrogen-bond donors (Lipinski definition) is 0. The normalized spacial score (nSPS) is 11.5. The summed E-state index contributed by atoms with van der Waals surface area (Å²) in [6, 6.07) is 3.62. The molecule has 0 atom stereocenters. The van der Waals surface area contributed by atoms with Crippen molar-refractivity contribution in [3.05, 3.63) is 17.8 Å². The topological polar surface area (TPSA) is 35.0 Å². The number of rotatable bonds is 4. The number of nitrogens with zero attached hydrogens (tertiary/aromatic N) is 2. The second-order valence-corrected chi connectivity index (χ2v) is 4.92. The molecule has 0 N–H and O–H groups in total. The predicted octanol–water partition coefficient (Wildman–Crippen LogP) is 3.03. The standard InChI is InChI=1S/C11H17ClN2O/c1-11(2,3)6-7-15-10-5-4-9(8-12)13-14-10/h4-5H,6-8H2,1-3H3. The van der Waals surface area contributed by atoms with Gasteiger partial charge in [0.15, 0.2) is 0 Å². The molecule has 0 spiro atoms. The molecule has 0 amide bonds. The fourth-order valence-corrected chi connectivity index (χ4v) is 1.10. The highest BCUT2D eigenvalue weighted by molar-refractivity contribution is 6.16. The van der Waals surface area contributed by atoms with Crippen LogP contribution in [-0.4, -0.2) is 16.8 Å². The van der Waals surface area contributed by atoms with Crippen molar-refractivity contribution < 1.29 is 4.74 Å². The monoisotopic (exact) mass is 228 g/mol. The lowest BCUT2D eigenvalue weighted by Crippen LogP contribution is -2.11. The van der Waals surface area contributed by atoms with Crippen LogP contribution in [0.5, 0.6) is 5.88 Å². The highest BCUT2D eigenvalue weighted by Crippen LogP contribution is 2.18. The van der Waals surface area contributed by atoms with Crippen LogP contribution >= 0.6 is 11.6 Å². The van der Waals surface area contributed by atoms with Crippen molar-refractivity contribution in [1.82, 2.24) is 10.2 Å². The summed E-state index contributed by atoms with van der Waals surface area (Å²) in [6.07, 6.45) is 0.992. The molecule has 0 saturated carbocycles. The zero-order valence-electron chi connectivity index (χ0n) is 9.46. The number of hydrogen-bond acceptors (Lipinski definition) is 3. The average Bonchev–Trinajstić information content (AvgIpc) is 2.17. The van der Waals surface area contributed by atoms with Gasteiger partial charge in [-0.3, -0.25) is 0 Å². The Morgan fingerprint density at radius 2 is 2.00 bits per heavy atom. The molecular formula is C11H17ClN2O. The molecule has 1 heterocycles. The second-order valence-electron chi connectivity index (χ2n) is 4.66. The Kier molecular flexibility index (Phi) is 4.33. The highest BCUT2D eigenvalue weighted by atomic mass is 35.5. The molecule has 0 aromatic carbocycles. The molecule has 0 aliphatic heterocycles. The summed E-state index contributed by atoms with van der Waals surface area (Å²) in [6.45, 7) is 7.20. The van der Waals surface area contributed by atoms with Gasteiger partial charge >= 0.3 is 0 Å². The lowest BCUT2D eigenvalue weighted by molar-refractivity contribution is 0.234. The molecule has 1 aromatic heterocycles. The van der Waals surface area contributed by atoms with Gasteiger partial charge in [0, 0.05) is 6.07 Å². The Bertz CT molecular complexity index is 292. The number of halogens is 1. The van der Waals surface area contributed by atoms with E-state index in [1.807, 2.05) is 6.07 Å². The predicted molar refractivity (Wildman–Crippen MR) is 61.2 cm³/mol. The number of ether oxygens (including phenoxy) is 1. The molecule has 0 aliphatic rings. The summed E-state index contributed by atoms with van der Waals surface area (Å²) in [5, 5.41) is 7.82. The molecule has 15 heavy (non-hydrogen) atoms. The SMILES string of the molecule is CC(C)(C)CCOc1ccc(CCl)nn1. The molecule has 1 rings (SSSR count). The summed E-state index contributed by atoms with van der Waals surface area (Å²) < 4.78 is 5.46. The Morgan fingerprint density at radius 1 is 1.27 bits per heavy atom. The molecule has 0 radical (unpaired) electrons. The van der Waals surface area contributed by atoms with Crippen molar-refractivity contribution in [1.29, 1.82) is 0 Å². The third-order valence-corrected chi connectivity index (χ3v) is 2.21. The summed E-state index contributed by atoms with van der Waals surface area (Å²) in [5.41, 5.74) is 1.04. The summed E-state index contributed by atoms with van der Waals surface area (Å²) in [7, 11) is 0. The maximum atomic E-state index is 5.60. The second kappa shape index (κ2) is 5.31. The highest BCUT2D eigenvalue weighted by Gasteiger charge is 2.10. The first-order valence-corrected chi connectivity index (χ1v) is 5.56. The van der Waals surface area contributed by atoms with Gasteiger partial charge in [0.1, 0.15) is 0 Å². The van der Waals surface area contributed by atoms with Gasteiger partial charge < -0.3 is 4.74 Å². The molecule has 1 aromatic rings. The van der Waals surface area contributed by atoms with Crippen molar-refractivity contribution in [2.24, 2.45) is 5.41 Å². The fourth-order valence-electron chi connectivity index (χ4n) is 0.958. The summed E-state index contributed by atoms with van der Waals surface area (Å²) in [5.74, 6) is 0.947. The van der Waals surface area contributed by atoms with Gasteiger partial charge in [0.05, 0.1) is 18.2 Å². The molecule has 0 unspecified atom stereocenters. The lowest BCUT2D eigenvalue weighted by Gasteiger charge is -2.17. The van der Waals surface area contributed by atoms with Crippen LogP contribution in [0.2, 0.25) is 0 Å². The van der Waals surface area contributed by atoms with Crippen LogP contribution < -0.4 is 4.74 Å². The van der Waals surface area contributed by atoms with Crippen molar-refractivity contribution >= 4 is 11.6 Å². The van der Waals surface area contributed by atoms with Gasteiger partial charge in [-0.05, 0) is 17.9 Å². The summed E-state index contributed by atoms with van der Waals surface area (Å²) in [4.78, 5) is 0. The van der Waals surface area contributed by atoms with Crippen LogP contribution in [0.1, 0.15) is 32.9 Å². The molecule has 0 aliphatic carbocycles. The molecule has 4 heteroatoms. The molecule has 0 fully saturated rings. The van der Waals surface area contributed by atoms with Gasteiger partial charge in [-0.15, -0.1) is 16.7 Å². The zero-order valence-corrected chi connectivity index (χ0v) is 10.2. The van der Waals surface area contributed by atoms with Crippen LogP contribution in [0.4, 0.5) is 0 Å². The van der Waals surface area contributed by atoms with E-state index >= 15 is 0 Å². The van der Waals surface area contributed by atoms with Crippen molar-refractivity contribution in [3.8, 4) is 5.88 Å². The van der Waals surface area contributed by atoms with E-state index < -0.39 is 0 Å². The first kappa shape index (κ1) is 12.2. The Morgan fingerprint density at radius 3 is 2.47 bits per heavy atom. The maximum absolute atomic E-state index is 5.60. The van der Waals surface area contributed by atoms with Gasteiger partial charge in [-0.1, -0.05) is 20.8 Å². The average molecular weight is 229 g/mol. The minimum atomic E-state index is 0.281. The fraction of sp³-hybridized carbons (Fsp3) is 0.636. The van der Waals surface area contributed by atoms with E-state index in [1.165, 1.54) is 0 Å². The third kappa shape index (κ3) is 4.98. The van der Waals surface area contributed by atoms with E-state index in [-0.39, 0.29) is 5.41 Å². The Labute approximate surface area is 95.8 Å². The van der Waals surface area contributed by atoms with Crippen molar-refractivity contribution in [2.75, 3.05) is 6.61 Å². The van der Waals surface area contributed by atoms with Gasteiger partial charge in [-0.2, -0.15) is 5.10 Å². The first-order chi connectivity index (χ1) is 7.01. The van der Waals surface area contributed by atoms with Crippen molar-refractivity contribution in [2.45, 2.75) is 33.1 Å². The third-order valence-electron chi connectivity index (χ3n) is 1.93.